The van der Waals surface area contributed by atoms with Crippen molar-refractivity contribution in [2.75, 3.05) is 12.8 Å². The number of aryl methyl sites for hydroxylation is 1. The van der Waals surface area contributed by atoms with Crippen molar-refractivity contribution in [2.45, 2.75) is 38.6 Å². The van der Waals surface area contributed by atoms with Crippen molar-refractivity contribution < 1.29 is 8.42 Å². The van der Waals surface area contributed by atoms with Crippen molar-refractivity contribution in [2.24, 2.45) is 0 Å². The molecule has 0 aliphatic rings. The van der Waals surface area contributed by atoms with Crippen molar-refractivity contribution >= 4 is 9.84 Å². The smallest absolute Gasteiger partial charge is 0.157 e. The average Bonchev–Trinajstić information content (AvgIpc) is 2.62. The van der Waals surface area contributed by atoms with E-state index in [4.69, 9.17) is 0 Å². The fraction of sp³-hybridized carbons (Fsp3) is 0.800. The van der Waals surface area contributed by atoms with Gasteiger partial charge in [0, 0.05) is 12.7 Å². The van der Waals surface area contributed by atoms with E-state index in [1.54, 1.807) is 31.6 Å². The molecule has 0 fully saturated rings. The normalized spacial score (nSPS) is 12.9. The molecule has 0 aromatic carbocycles. The minimum Gasteiger partial charge on any atom is -0.314 e. The molecule has 17 heavy (non-hydrogen) atoms. The van der Waals surface area contributed by atoms with Crippen LogP contribution >= 0.6 is 0 Å². The summed E-state index contributed by atoms with van der Waals surface area (Å²) in [4.78, 5) is 0. The second-order valence-electron chi connectivity index (χ2n) is 4.93. The second kappa shape index (κ2) is 5.14. The summed E-state index contributed by atoms with van der Waals surface area (Å²) in [5, 5.41) is 10.8. The molecule has 98 valence electrons. The van der Waals surface area contributed by atoms with Gasteiger partial charge >= 0.3 is 0 Å². The van der Waals surface area contributed by atoms with Gasteiger partial charge in [0.25, 0.3) is 0 Å². The summed E-state index contributed by atoms with van der Waals surface area (Å²) in [6.07, 6.45) is 1.76. The molecule has 0 aliphatic carbocycles. The SMILES string of the molecule is CNCc1cn(CCS(=O)(=O)C(C)(C)C)nn1. The molecule has 0 saturated heterocycles. The van der Waals surface area contributed by atoms with Crippen molar-refractivity contribution in [3.63, 3.8) is 0 Å². The van der Waals surface area contributed by atoms with Crippen molar-refractivity contribution in [3.8, 4) is 0 Å². The first-order chi connectivity index (χ1) is 7.76. The Bertz CT molecular complexity index is 459. The van der Waals surface area contributed by atoms with E-state index in [9.17, 15) is 8.42 Å². The number of rotatable bonds is 5. The van der Waals surface area contributed by atoms with Crippen LogP contribution in [0, 0.1) is 0 Å². The maximum atomic E-state index is 11.9. The zero-order valence-electron chi connectivity index (χ0n) is 10.8. The minimum absolute atomic E-state index is 0.0822. The van der Waals surface area contributed by atoms with Crippen LogP contribution in [0.2, 0.25) is 0 Å². The number of aromatic nitrogens is 3. The van der Waals surface area contributed by atoms with Crippen LogP contribution in [0.25, 0.3) is 0 Å². The first-order valence-electron chi connectivity index (χ1n) is 5.52. The van der Waals surface area contributed by atoms with Crippen LogP contribution in [0.4, 0.5) is 0 Å². The lowest BCUT2D eigenvalue weighted by Gasteiger charge is -2.18. The lowest BCUT2D eigenvalue weighted by molar-refractivity contribution is 0.545. The molecule has 1 heterocycles. The summed E-state index contributed by atoms with van der Waals surface area (Å²) in [5.41, 5.74) is 0.806. The van der Waals surface area contributed by atoms with Gasteiger partial charge in [-0.25, -0.2) is 8.42 Å². The summed E-state index contributed by atoms with van der Waals surface area (Å²) in [6, 6.07) is 0. The summed E-state index contributed by atoms with van der Waals surface area (Å²) < 4.78 is 24.6. The molecular formula is C10H20N4O2S. The third-order valence-corrected chi connectivity index (χ3v) is 5.05. The quantitative estimate of drug-likeness (QED) is 0.819. The van der Waals surface area contributed by atoms with Gasteiger partial charge in [-0.1, -0.05) is 5.21 Å². The number of sulfone groups is 1. The lowest BCUT2D eigenvalue weighted by atomic mass is 10.3. The summed E-state index contributed by atoms with van der Waals surface area (Å²) in [5.74, 6) is 0.0822. The summed E-state index contributed by atoms with van der Waals surface area (Å²) in [6.45, 7) is 6.09. The third kappa shape index (κ3) is 3.78. The first kappa shape index (κ1) is 14.1. The van der Waals surface area contributed by atoms with Gasteiger partial charge in [0.15, 0.2) is 9.84 Å². The van der Waals surface area contributed by atoms with Gasteiger partial charge in [-0.05, 0) is 27.8 Å². The highest BCUT2D eigenvalue weighted by Gasteiger charge is 2.28. The predicted octanol–water partition coefficient (Wildman–Crippen LogP) is 0.211. The molecule has 0 amide bonds. The van der Waals surface area contributed by atoms with E-state index in [2.05, 4.69) is 15.6 Å². The molecule has 1 rings (SSSR count). The van der Waals surface area contributed by atoms with E-state index in [-0.39, 0.29) is 5.75 Å². The van der Waals surface area contributed by atoms with Gasteiger partial charge in [-0.3, -0.25) is 4.68 Å². The molecule has 0 aliphatic heterocycles. The Morgan fingerprint density at radius 2 is 2.06 bits per heavy atom. The van der Waals surface area contributed by atoms with Gasteiger partial charge in [-0.2, -0.15) is 0 Å². The standard InChI is InChI=1S/C10H20N4O2S/c1-10(2,3)17(15,16)6-5-14-8-9(7-11-4)12-13-14/h8,11H,5-7H2,1-4H3. The topological polar surface area (TPSA) is 76.9 Å². The molecule has 1 N–H and O–H groups in total. The number of nitrogens with one attached hydrogen (secondary N) is 1. The highest BCUT2D eigenvalue weighted by atomic mass is 32.2. The molecule has 0 saturated carbocycles. The van der Waals surface area contributed by atoms with E-state index in [0.717, 1.165) is 5.69 Å². The van der Waals surface area contributed by atoms with Crippen LogP contribution in [0.15, 0.2) is 6.20 Å². The molecular weight excluding hydrogens is 240 g/mol. The van der Waals surface area contributed by atoms with Crippen LogP contribution in [-0.2, 0) is 22.9 Å². The van der Waals surface area contributed by atoms with Crippen LogP contribution in [0.1, 0.15) is 26.5 Å². The van der Waals surface area contributed by atoms with Crippen molar-refractivity contribution in [1.82, 2.24) is 20.3 Å². The molecule has 0 unspecified atom stereocenters. The van der Waals surface area contributed by atoms with Gasteiger partial charge in [0.1, 0.15) is 0 Å². The largest absolute Gasteiger partial charge is 0.314 e. The van der Waals surface area contributed by atoms with Crippen LogP contribution in [-0.4, -0.2) is 41.0 Å². The second-order valence-corrected chi connectivity index (χ2v) is 7.80. The fourth-order valence-electron chi connectivity index (χ4n) is 1.23. The maximum Gasteiger partial charge on any atom is 0.157 e. The Balaban J connectivity index is 2.62. The first-order valence-corrected chi connectivity index (χ1v) is 7.17. The molecule has 0 spiro atoms. The van der Waals surface area contributed by atoms with E-state index in [0.29, 0.717) is 13.1 Å². The van der Waals surface area contributed by atoms with Crippen LogP contribution in [0.5, 0.6) is 0 Å². The van der Waals surface area contributed by atoms with Gasteiger partial charge < -0.3 is 5.32 Å². The summed E-state index contributed by atoms with van der Waals surface area (Å²) >= 11 is 0. The lowest BCUT2D eigenvalue weighted by Crippen LogP contribution is -2.32. The van der Waals surface area contributed by atoms with Crippen molar-refractivity contribution in [1.29, 1.82) is 0 Å². The van der Waals surface area contributed by atoms with Gasteiger partial charge in [0.05, 0.1) is 22.7 Å². The Labute approximate surface area is 102 Å². The van der Waals surface area contributed by atoms with Gasteiger partial charge in [-0.15, -0.1) is 5.10 Å². The third-order valence-electron chi connectivity index (χ3n) is 2.47. The minimum atomic E-state index is -3.10. The highest BCUT2D eigenvalue weighted by molar-refractivity contribution is 7.92. The van der Waals surface area contributed by atoms with Crippen LogP contribution in [0.3, 0.4) is 0 Å². The maximum absolute atomic E-state index is 11.9. The summed E-state index contributed by atoms with van der Waals surface area (Å²) in [7, 11) is -1.28. The Morgan fingerprint density at radius 1 is 1.41 bits per heavy atom. The Kier molecular flexibility index (Phi) is 4.26. The molecule has 0 radical (unpaired) electrons. The number of hydrogen-bond acceptors (Lipinski definition) is 5. The highest BCUT2D eigenvalue weighted by Crippen LogP contribution is 2.16. The molecule has 1 aromatic rings. The van der Waals surface area contributed by atoms with Crippen molar-refractivity contribution in [3.05, 3.63) is 11.9 Å². The monoisotopic (exact) mass is 260 g/mol. The fourth-order valence-corrected chi connectivity index (χ4v) is 2.27. The Hall–Kier alpha value is -0.950. The molecule has 0 atom stereocenters. The van der Waals surface area contributed by atoms with E-state index in [1.165, 1.54) is 0 Å². The number of nitrogens with zero attached hydrogens (tertiary/aromatic N) is 3. The zero-order chi connectivity index (χ0) is 13.1. The number of hydrogen-bond donors (Lipinski definition) is 1. The van der Waals surface area contributed by atoms with Gasteiger partial charge in [0.2, 0.25) is 0 Å². The average molecular weight is 260 g/mol. The molecule has 6 nitrogen and oxygen atoms in total. The van der Waals surface area contributed by atoms with Crippen LogP contribution < -0.4 is 5.32 Å². The molecule has 0 bridgehead atoms. The predicted molar refractivity (Wildman–Crippen MR) is 66.3 cm³/mol. The van der Waals surface area contributed by atoms with E-state index < -0.39 is 14.6 Å². The van der Waals surface area contributed by atoms with E-state index in [1.807, 2.05) is 7.05 Å². The Morgan fingerprint density at radius 3 is 2.59 bits per heavy atom. The zero-order valence-corrected chi connectivity index (χ0v) is 11.6. The van der Waals surface area contributed by atoms with E-state index >= 15 is 0 Å². The molecule has 1 aromatic heterocycles. The molecule has 7 heteroatoms.